The number of nitrogens with zero attached hydrogens (tertiary/aromatic N) is 2. The number of hydrogen-bond acceptors (Lipinski definition) is 2. The molecule has 0 radical (unpaired) electrons. The summed E-state index contributed by atoms with van der Waals surface area (Å²) in [7, 11) is 0. The first-order valence-electron chi connectivity index (χ1n) is 8.04. The summed E-state index contributed by atoms with van der Waals surface area (Å²) in [5, 5.41) is 1.04. The first-order valence-corrected chi connectivity index (χ1v) is 8.04. The zero-order chi connectivity index (χ0) is 15.9. The van der Waals surface area contributed by atoms with Crippen LogP contribution in [0.5, 0.6) is 0 Å². The lowest BCUT2D eigenvalue weighted by atomic mass is 10.2. The van der Waals surface area contributed by atoms with Crippen LogP contribution in [0.15, 0.2) is 36.5 Å². The minimum absolute atomic E-state index is 0.0255. The summed E-state index contributed by atoms with van der Waals surface area (Å²) in [5.74, 6) is 0.0519. The summed E-state index contributed by atoms with van der Waals surface area (Å²) in [6.07, 6.45) is 4.21. The van der Waals surface area contributed by atoms with Gasteiger partial charge in [0.05, 0.1) is 5.52 Å². The number of aromatic nitrogens is 1. The van der Waals surface area contributed by atoms with Crippen molar-refractivity contribution in [3.05, 3.63) is 36.5 Å². The van der Waals surface area contributed by atoms with Crippen molar-refractivity contribution in [1.29, 1.82) is 0 Å². The van der Waals surface area contributed by atoms with Gasteiger partial charge in [-0.15, -0.1) is 0 Å². The van der Waals surface area contributed by atoms with Crippen LogP contribution in [0.3, 0.4) is 0 Å². The number of carbonyl (C=O) groups excluding carboxylic acids is 2. The molecule has 2 rings (SSSR count). The molecule has 2 aromatic rings. The van der Waals surface area contributed by atoms with Crippen molar-refractivity contribution in [3.63, 3.8) is 0 Å². The molecule has 0 atom stereocenters. The van der Waals surface area contributed by atoms with Gasteiger partial charge in [0.2, 0.25) is 11.8 Å². The fourth-order valence-electron chi connectivity index (χ4n) is 2.69. The fourth-order valence-corrected chi connectivity index (χ4v) is 2.69. The highest BCUT2D eigenvalue weighted by Gasteiger charge is 2.15. The normalized spacial score (nSPS) is 10.8. The lowest BCUT2D eigenvalue weighted by molar-refractivity contribution is -0.131. The Bertz CT molecular complexity index is 639. The van der Waals surface area contributed by atoms with E-state index >= 15 is 0 Å². The molecular formula is C18H24N2O2. The largest absolute Gasteiger partial charge is 0.343 e. The molecule has 0 spiro atoms. The van der Waals surface area contributed by atoms with Gasteiger partial charge in [-0.05, 0) is 25.0 Å². The van der Waals surface area contributed by atoms with Crippen molar-refractivity contribution in [3.8, 4) is 0 Å². The van der Waals surface area contributed by atoms with Crippen molar-refractivity contribution in [2.45, 2.75) is 39.5 Å². The second-order valence-corrected chi connectivity index (χ2v) is 5.52. The maximum atomic E-state index is 12.4. The van der Waals surface area contributed by atoms with Crippen LogP contribution < -0.4 is 0 Å². The molecule has 0 bridgehead atoms. The Morgan fingerprint density at radius 3 is 2.36 bits per heavy atom. The summed E-state index contributed by atoms with van der Waals surface area (Å²) in [5.41, 5.74) is 0.902. The van der Waals surface area contributed by atoms with E-state index < -0.39 is 0 Å². The van der Waals surface area contributed by atoms with Gasteiger partial charge in [0.15, 0.2) is 0 Å². The summed E-state index contributed by atoms with van der Waals surface area (Å²) >= 11 is 0. The van der Waals surface area contributed by atoms with Gasteiger partial charge in [-0.25, -0.2) is 0 Å². The number of hydrogen-bond donors (Lipinski definition) is 0. The van der Waals surface area contributed by atoms with Gasteiger partial charge in [-0.2, -0.15) is 0 Å². The molecule has 1 heterocycles. The first kappa shape index (κ1) is 16.3. The van der Waals surface area contributed by atoms with Crippen molar-refractivity contribution in [1.82, 2.24) is 9.47 Å². The summed E-state index contributed by atoms with van der Waals surface area (Å²) in [4.78, 5) is 26.4. The fraction of sp³-hybridized carbons (Fsp3) is 0.444. The minimum Gasteiger partial charge on any atom is -0.343 e. The standard InChI is InChI=1S/C18H24N2O2/c1-3-12-19(13-4-2)17(21)9-10-18(22)20-14-11-15-7-5-6-8-16(15)20/h5-8,11,14H,3-4,9-10,12-13H2,1-2H3. The number of rotatable bonds is 7. The zero-order valence-corrected chi connectivity index (χ0v) is 13.4. The number of fused-ring (bicyclic) bond motifs is 1. The quantitative estimate of drug-likeness (QED) is 0.782. The van der Waals surface area contributed by atoms with E-state index in [2.05, 4.69) is 13.8 Å². The number of para-hydroxylation sites is 1. The van der Waals surface area contributed by atoms with Crippen LogP contribution in [0.2, 0.25) is 0 Å². The Hall–Kier alpha value is -2.10. The third-order valence-electron chi connectivity index (χ3n) is 3.76. The highest BCUT2D eigenvalue weighted by atomic mass is 16.2. The molecule has 0 aliphatic rings. The topological polar surface area (TPSA) is 42.3 Å². The summed E-state index contributed by atoms with van der Waals surface area (Å²) < 4.78 is 1.65. The van der Waals surface area contributed by atoms with E-state index in [0.29, 0.717) is 0 Å². The average Bonchev–Trinajstić information content (AvgIpc) is 2.96. The van der Waals surface area contributed by atoms with Crippen LogP contribution in [0.1, 0.15) is 44.3 Å². The van der Waals surface area contributed by atoms with Gasteiger partial charge in [0.1, 0.15) is 0 Å². The molecule has 0 aliphatic heterocycles. The lowest BCUT2D eigenvalue weighted by Gasteiger charge is -2.21. The SMILES string of the molecule is CCCN(CCC)C(=O)CCC(=O)n1ccc2ccccc21. The number of amides is 1. The van der Waals surface area contributed by atoms with E-state index in [0.717, 1.165) is 36.8 Å². The van der Waals surface area contributed by atoms with Crippen LogP contribution in [0.4, 0.5) is 0 Å². The van der Waals surface area contributed by atoms with Gasteiger partial charge in [0, 0.05) is 37.5 Å². The monoisotopic (exact) mass is 300 g/mol. The Morgan fingerprint density at radius 2 is 1.68 bits per heavy atom. The third-order valence-corrected chi connectivity index (χ3v) is 3.76. The van der Waals surface area contributed by atoms with Crippen molar-refractivity contribution < 1.29 is 9.59 Å². The molecular weight excluding hydrogens is 276 g/mol. The van der Waals surface area contributed by atoms with E-state index in [1.54, 1.807) is 10.8 Å². The molecule has 0 fully saturated rings. The first-order chi connectivity index (χ1) is 10.7. The second kappa shape index (κ2) is 7.78. The summed E-state index contributed by atoms with van der Waals surface area (Å²) in [6, 6.07) is 9.70. The molecule has 1 aromatic carbocycles. The van der Waals surface area contributed by atoms with Crippen LogP contribution in [-0.2, 0) is 4.79 Å². The van der Waals surface area contributed by atoms with Crippen LogP contribution in [-0.4, -0.2) is 34.4 Å². The van der Waals surface area contributed by atoms with Gasteiger partial charge < -0.3 is 4.90 Å². The molecule has 4 nitrogen and oxygen atoms in total. The van der Waals surface area contributed by atoms with Crippen molar-refractivity contribution >= 4 is 22.7 Å². The van der Waals surface area contributed by atoms with E-state index in [4.69, 9.17) is 0 Å². The third kappa shape index (κ3) is 3.75. The molecule has 1 aromatic heterocycles. The summed E-state index contributed by atoms with van der Waals surface area (Å²) in [6.45, 7) is 5.67. The van der Waals surface area contributed by atoms with E-state index in [1.807, 2.05) is 35.2 Å². The lowest BCUT2D eigenvalue weighted by Crippen LogP contribution is -2.32. The van der Waals surface area contributed by atoms with Gasteiger partial charge in [0.25, 0.3) is 0 Å². The van der Waals surface area contributed by atoms with Gasteiger partial charge in [-0.3, -0.25) is 14.2 Å². The van der Waals surface area contributed by atoms with Gasteiger partial charge in [-0.1, -0.05) is 32.0 Å². The second-order valence-electron chi connectivity index (χ2n) is 5.52. The predicted octanol–water partition coefficient (Wildman–Crippen LogP) is 3.71. The molecule has 4 heteroatoms. The smallest absolute Gasteiger partial charge is 0.231 e. The number of carbonyl (C=O) groups is 2. The predicted molar refractivity (Wildman–Crippen MR) is 89.0 cm³/mol. The molecule has 22 heavy (non-hydrogen) atoms. The molecule has 118 valence electrons. The Balaban J connectivity index is 1.98. The van der Waals surface area contributed by atoms with Crippen LogP contribution >= 0.6 is 0 Å². The van der Waals surface area contributed by atoms with Crippen molar-refractivity contribution in [2.24, 2.45) is 0 Å². The molecule has 0 saturated heterocycles. The maximum Gasteiger partial charge on any atom is 0.231 e. The Labute approximate surface area is 131 Å². The van der Waals surface area contributed by atoms with E-state index in [-0.39, 0.29) is 24.7 Å². The van der Waals surface area contributed by atoms with E-state index in [9.17, 15) is 9.59 Å². The minimum atomic E-state index is -0.0255. The van der Waals surface area contributed by atoms with Crippen LogP contribution in [0.25, 0.3) is 10.9 Å². The van der Waals surface area contributed by atoms with Gasteiger partial charge >= 0.3 is 0 Å². The van der Waals surface area contributed by atoms with E-state index in [1.165, 1.54) is 0 Å². The highest BCUT2D eigenvalue weighted by Crippen LogP contribution is 2.16. The average molecular weight is 300 g/mol. The Kier molecular flexibility index (Phi) is 5.75. The molecule has 0 N–H and O–H groups in total. The molecule has 0 saturated carbocycles. The van der Waals surface area contributed by atoms with Crippen LogP contribution in [0, 0.1) is 0 Å². The highest BCUT2D eigenvalue weighted by molar-refractivity contribution is 5.93. The number of benzene rings is 1. The van der Waals surface area contributed by atoms with Crippen molar-refractivity contribution in [2.75, 3.05) is 13.1 Å². The maximum absolute atomic E-state index is 12.4. The Morgan fingerprint density at radius 1 is 1.00 bits per heavy atom. The molecule has 0 unspecified atom stereocenters. The zero-order valence-electron chi connectivity index (χ0n) is 13.4. The molecule has 0 aliphatic carbocycles. The molecule has 1 amide bonds.